The van der Waals surface area contributed by atoms with E-state index >= 15 is 0 Å². The molecule has 22 heavy (non-hydrogen) atoms. The predicted octanol–water partition coefficient (Wildman–Crippen LogP) is 3.38. The second-order valence-corrected chi connectivity index (χ2v) is 8.44. The Kier molecular flexibility index (Phi) is 4.00. The van der Waals surface area contributed by atoms with Crippen molar-refractivity contribution in [2.24, 2.45) is 5.92 Å². The Labute approximate surface area is 137 Å². The first-order valence-electron chi connectivity index (χ1n) is 7.99. The lowest BCUT2D eigenvalue weighted by Gasteiger charge is -2.17. The summed E-state index contributed by atoms with van der Waals surface area (Å²) in [4.78, 5) is 22.4. The molecule has 4 rings (SSSR count). The van der Waals surface area contributed by atoms with E-state index in [9.17, 15) is 4.79 Å². The quantitative estimate of drug-likeness (QED) is 0.689. The highest BCUT2D eigenvalue weighted by Crippen LogP contribution is 2.36. The fourth-order valence-corrected chi connectivity index (χ4v) is 5.71. The van der Waals surface area contributed by atoms with Crippen molar-refractivity contribution in [1.29, 1.82) is 0 Å². The van der Waals surface area contributed by atoms with Crippen LogP contribution in [0.3, 0.4) is 0 Å². The molecule has 2 aromatic heterocycles. The molecular weight excluding hydrogens is 316 g/mol. The van der Waals surface area contributed by atoms with Crippen molar-refractivity contribution in [3.8, 4) is 0 Å². The lowest BCUT2D eigenvalue weighted by atomic mass is 9.89. The van der Waals surface area contributed by atoms with Gasteiger partial charge in [0.15, 0.2) is 5.16 Å². The molecule has 0 spiro atoms. The smallest absolute Gasteiger partial charge is 0.260 e. The topological polar surface area (TPSA) is 55.0 Å². The Bertz CT molecular complexity index is 746. The molecule has 1 saturated heterocycles. The van der Waals surface area contributed by atoms with Crippen LogP contribution in [-0.2, 0) is 17.6 Å². The number of fused-ring (bicyclic) bond motifs is 3. The van der Waals surface area contributed by atoms with Crippen LogP contribution in [0.5, 0.6) is 0 Å². The zero-order chi connectivity index (χ0) is 15.1. The molecule has 6 heteroatoms. The van der Waals surface area contributed by atoms with Crippen LogP contribution in [0.4, 0.5) is 0 Å². The van der Waals surface area contributed by atoms with E-state index in [1.165, 1.54) is 16.9 Å². The van der Waals surface area contributed by atoms with Crippen molar-refractivity contribution in [2.75, 3.05) is 12.4 Å². The molecule has 0 aromatic carbocycles. The van der Waals surface area contributed by atoms with Gasteiger partial charge in [0, 0.05) is 17.2 Å². The summed E-state index contributed by atoms with van der Waals surface area (Å²) < 4.78 is 5.63. The second-order valence-electron chi connectivity index (χ2n) is 6.35. The Morgan fingerprint density at radius 2 is 2.36 bits per heavy atom. The summed E-state index contributed by atoms with van der Waals surface area (Å²) in [5.41, 5.74) is 1.29. The number of rotatable bonds is 3. The number of nitrogens with zero attached hydrogens (tertiary/aromatic N) is 1. The molecule has 2 atom stereocenters. The molecule has 0 bridgehead atoms. The van der Waals surface area contributed by atoms with Gasteiger partial charge in [0.25, 0.3) is 5.56 Å². The lowest BCUT2D eigenvalue weighted by Crippen LogP contribution is -2.14. The number of hydrogen-bond acceptors (Lipinski definition) is 5. The number of ether oxygens (including phenoxy) is 1. The van der Waals surface area contributed by atoms with E-state index in [1.54, 1.807) is 23.1 Å². The van der Waals surface area contributed by atoms with Crippen LogP contribution in [0.1, 0.15) is 36.6 Å². The van der Waals surface area contributed by atoms with Gasteiger partial charge in [0.2, 0.25) is 0 Å². The molecule has 0 radical (unpaired) electrons. The van der Waals surface area contributed by atoms with Crippen molar-refractivity contribution >= 4 is 33.3 Å². The summed E-state index contributed by atoms with van der Waals surface area (Å²) in [7, 11) is 0. The molecule has 3 heterocycles. The number of hydrogen-bond donors (Lipinski definition) is 1. The molecular formula is C16H20N2O2S2. The maximum Gasteiger partial charge on any atom is 0.260 e. The Morgan fingerprint density at radius 1 is 1.45 bits per heavy atom. The van der Waals surface area contributed by atoms with Crippen LogP contribution in [0.15, 0.2) is 9.95 Å². The SMILES string of the molecule is C[C@H]1CCc2c(sc3nc(SC[C@@H]4CCCO4)[nH]c(=O)c23)C1. The van der Waals surface area contributed by atoms with Gasteiger partial charge in [-0.2, -0.15) is 0 Å². The molecule has 2 aliphatic rings. The Balaban J connectivity index is 1.63. The Morgan fingerprint density at radius 3 is 3.18 bits per heavy atom. The molecule has 1 aliphatic heterocycles. The van der Waals surface area contributed by atoms with Crippen LogP contribution in [-0.4, -0.2) is 28.4 Å². The van der Waals surface area contributed by atoms with Gasteiger partial charge in [-0.1, -0.05) is 18.7 Å². The summed E-state index contributed by atoms with van der Waals surface area (Å²) in [6.07, 6.45) is 5.85. The largest absolute Gasteiger partial charge is 0.377 e. The standard InChI is InChI=1S/C16H20N2O2S2/c1-9-4-5-11-12(7-9)22-15-13(11)14(19)17-16(18-15)21-8-10-3-2-6-20-10/h9-10H,2-8H2,1H3,(H,17,18,19)/t9-,10-/m0/s1. The number of aromatic nitrogens is 2. The summed E-state index contributed by atoms with van der Waals surface area (Å²) in [5, 5.41) is 1.58. The highest BCUT2D eigenvalue weighted by atomic mass is 32.2. The number of thioether (sulfide) groups is 1. The molecule has 4 nitrogen and oxygen atoms in total. The van der Waals surface area contributed by atoms with Crippen LogP contribution >= 0.6 is 23.1 Å². The third kappa shape index (κ3) is 2.72. The van der Waals surface area contributed by atoms with Crippen molar-refractivity contribution < 1.29 is 4.74 Å². The van der Waals surface area contributed by atoms with Crippen molar-refractivity contribution in [3.63, 3.8) is 0 Å². The molecule has 1 fully saturated rings. The fraction of sp³-hybridized carbons (Fsp3) is 0.625. The number of nitrogens with one attached hydrogen (secondary N) is 1. The van der Waals surface area contributed by atoms with Gasteiger partial charge in [0.1, 0.15) is 4.83 Å². The summed E-state index contributed by atoms with van der Waals surface area (Å²) in [5.74, 6) is 1.59. The summed E-state index contributed by atoms with van der Waals surface area (Å²) in [6.45, 7) is 3.15. The van der Waals surface area contributed by atoms with E-state index in [0.717, 1.165) is 53.4 Å². The van der Waals surface area contributed by atoms with E-state index in [1.807, 2.05) is 0 Å². The van der Waals surface area contributed by atoms with E-state index in [-0.39, 0.29) is 5.56 Å². The third-order valence-corrected chi connectivity index (χ3v) is 6.73. The molecule has 0 amide bonds. The van der Waals surface area contributed by atoms with Crippen LogP contribution < -0.4 is 5.56 Å². The first kappa shape index (κ1) is 14.7. The molecule has 2 aromatic rings. The number of H-pyrrole nitrogens is 1. The van der Waals surface area contributed by atoms with Gasteiger partial charge < -0.3 is 9.72 Å². The van der Waals surface area contributed by atoms with Gasteiger partial charge in [-0.05, 0) is 43.6 Å². The van der Waals surface area contributed by atoms with Gasteiger partial charge >= 0.3 is 0 Å². The number of thiophene rings is 1. The summed E-state index contributed by atoms with van der Waals surface area (Å²) >= 11 is 3.32. The van der Waals surface area contributed by atoms with Gasteiger partial charge in [-0.3, -0.25) is 4.79 Å². The van der Waals surface area contributed by atoms with Gasteiger partial charge in [-0.25, -0.2) is 4.98 Å². The fourth-order valence-electron chi connectivity index (χ4n) is 3.35. The van der Waals surface area contributed by atoms with Crippen LogP contribution in [0.2, 0.25) is 0 Å². The maximum atomic E-state index is 12.5. The number of aromatic amines is 1. The maximum absolute atomic E-state index is 12.5. The third-order valence-electron chi connectivity index (χ3n) is 4.57. The van der Waals surface area contributed by atoms with Crippen molar-refractivity contribution in [2.45, 2.75) is 50.3 Å². The minimum absolute atomic E-state index is 0.0342. The molecule has 1 N–H and O–H groups in total. The average Bonchev–Trinajstić information content (AvgIpc) is 3.11. The predicted molar refractivity (Wildman–Crippen MR) is 91.1 cm³/mol. The summed E-state index contributed by atoms with van der Waals surface area (Å²) in [6, 6.07) is 0. The molecule has 118 valence electrons. The minimum Gasteiger partial charge on any atom is -0.377 e. The zero-order valence-corrected chi connectivity index (χ0v) is 14.3. The van der Waals surface area contributed by atoms with Crippen molar-refractivity contribution in [1.82, 2.24) is 9.97 Å². The Hall–Kier alpha value is -0.850. The van der Waals surface area contributed by atoms with Crippen molar-refractivity contribution in [3.05, 3.63) is 20.8 Å². The molecule has 1 aliphatic carbocycles. The molecule has 0 unspecified atom stereocenters. The van der Waals surface area contributed by atoms with E-state index in [0.29, 0.717) is 12.0 Å². The monoisotopic (exact) mass is 336 g/mol. The minimum atomic E-state index is 0.0342. The normalized spacial score (nSPS) is 24.8. The first-order valence-corrected chi connectivity index (χ1v) is 9.80. The van der Waals surface area contributed by atoms with E-state index in [4.69, 9.17) is 9.72 Å². The van der Waals surface area contributed by atoms with Crippen LogP contribution in [0, 0.1) is 5.92 Å². The first-order chi connectivity index (χ1) is 10.7. The van der Waals surface area contributed by atoms with E-state index in [2.05, 4.69) is 11.9 Å². The van der Waals surface area contributed by atoms with E-state index < -0.39 is 0 Å². The lowest BCUT2D eigenvalue weighted by molar-refractivity contribution is 0.129. The van der Waals surface area contributed by atoms with Gasteiger partial charge in [-0.15, -0.1) is 11.3 Å². The van der Waals surface area contributed by atoms with Crippen LogP contribution in [0.25, 0.3) is 10.2 Å². The highest BCUT2D eigenvalue weighted by molar-refractivity contribution is 7.99. The average molecular weight is 336 g/mol. The van der Waals surface area contributed by atoms with Gasteiger partial charge in [0.05, 0.1) is 11.5 Å². The highest BCUT2D eigenvalue weighted by Gasteiger charge is 2.23. The molecule has 0 saturated carbocycles. The second kappa shape index (κ2) is 5.98. The zero-order valence-electron chi connectivity index (χ0n) is 12.7. The number of aryl methyl sites for hydroxylation is 1.